The Labute approximate surface area is 79.9 Å². The fraction of sp³-hybridized carbons (Fsp3) is 0.700. The SMILES string of the molecule is C=C(CCCCC)C(=O)OCCN. The van der Waals surface area contributed by atoms with Gasteiger partial charge in [0.15, 0.2) is 0 Å². The molecule has 0 fully saturated rings. The summed E-state index contributed by atoms with van der Waals surface area (Å²) in [6.45, 7) is 6.44. The Hall–Kier alpha value is -0.830. The molecular formula is C10H19NO2. The van der Waals surface area contributed by atoms with Crippen LogP contribution in [0.2, 0.25) is 0 Å². The molecule has 3 heteroatoms. The Morgan fingerprint density at radius 1 is 1.46 bits per heavy atom. The number of ether oxygens (including phenoxy) is 1. The molecule has 0 aromatic heterocycles. The molecule has 13 heavy (non-hydrogen) atoms. The second-order valence-corrected chi connectivity index (χ2v) is 2.99. The van der Waals surface area contributed by atoms with Gasteiger partial charge in [-0.1, -0.05) is 26.3 Å². The molecule has 0 aromatic carbocycles. The number of esters is 1. The van der Waals surface area contributed by atoms with Crippen molar-refractivity contribution in [2.75, 3.05) is 13.2 Å². The summed E-state index contributed by atoms with van der Waals surface area (Å²) >= 11 is 0. The molecule has 0 unspecified atom stereocenters. The van der Waals surface area contributed by atoms with E-state index in [0.29, 0.717) is 12.1 Å². The highest BCUT2D eigenvalue weighted by molar-refractivity contribution is 5.87. The van der Waals surface area contributed by atoms with E-state index in [1.165, 1.54) is 0 Å². The molecule has 0 amide bonds. The van der Waals surface area contributed by atoms with Crippen molar-refractivity contribution in [1.29, 1.82) is 0 Å². The highest BCUT2D eigenvalue weighted by atomic mass is 16.5. The molecule has 0 rings (SSSR count). The number of carbonyl (C=O) groups excluding carboxylic acids is 1. The molecule has 0 aromatic rings. The van der Waals surface area contributed by atoms with Crippen molar-refractivity contribution in [2.24, 2.45) is 5.73 Å². The number of nitrogens with two attached hydrogens (primary N) is 1. The lowest BCUT2D eigenvalue weighted by Crippen LogP contribution is -2.14. The lowest BCUT2D eigenvalue weighted by molar-refractivity contribution is -0.138. The first kappa shape index (κ1) is 12.2. The summed E-state index contributed by atoms with van der Waals surface area (Å²) in [6, 6.07) is 0. The quantitative estimate of drug-likeness (QED) is 0.372. The van der Waals surface area contributed by atoms with Gasteiger partial charge in [-0.15, -0.1) is 0 Å². The highest BCUT2D eigenvalue weighted by Gasteiger charge is 2.06. The first-order valence-electron chi connectivity index (χ1n) is 4.77. The van der Waals surface area contributed by atoms with Crippen molar-refractivity contribution in [2.45, 2.75) is 32.6 Å². The third-order valence-corrected chi connectivity index (χ3v) is 1.72. The Balaban J connectivity index is 3.51. The van der Waals surface area contributed by atoms with E-state index in [-0.39, 0.29) is 12.6 Å². The number of rotatable bonds is 7. The minimum Gasteiger partial charge on any atom is -0.461 e. The molecule has 0 spiro atoms. The summed E-state index contributed by atoms with van der Waals surface area (Å²) in [5.41, 5.74) is 5.75. The van der Waals surface area contributed by atoms with E-state index in [9.17, 15) is 4.79 Å². The van der Waals surface area contributed by atoms with Gasteiger partial charge in [0, 0.05) is 12.1 Å². The third kappa shape index (κ3) is 6.34. The molecule has 0 radical (unpaired) electrons. The molecule has 0 atom stereocenters. The normalized spacial score (nSPS) is 9.69. The maximum Gasteiger partial charge on any atom is 0.333 e. The Kier molecular flexibility index (Phi) is 7.30. The number of hydrogen-bond acceptors (Lipinski definition) is 3. The molecule has 76 valence electrons. The molecule has 0 saturated heterocycles. The van der Waals surface area contributed by atoms with Gasteiger partial charge >= 0.3 is 5.97 Å². The van der Waals surface area contributed by atoms with Gasteiger partial charge in [0.05, 0.1) is 0 Å². The van der Waals surface area contributed by atoms with Gasteiger partial charge in [0.25, 0.3) is 0 Å². The molecule has 0 aliphatic rings. The summed E-state index contributed by atoms with van der Waals surface area (Å²) in [6.07, 6.45) is 4.01. The first-order chi connectivity index (χ1) is 6.22. The first-order valence-corrected chi connectivity index (χ1v) is 4.77. The van der Waals surface area contributed by atoms with E-state index in [2.05, 4.69) is 13.5 Å². The molecule has 0 aliphatic carbocycles. The minimum absolute atomic E-state index is 0.283. The van der Waals surface area contributed by atoms with Crippen LogP contribution in [0.4, 0.5) is 0 Å². The zero-order chi connectivity index (χ0) is 10.1. The van der Waals surface area contributed by atoms with Gasteiger partial charge in [-0.3, -0.25) is 0 Å². The Morgan fingerprint density at radius 2 is 2.15 bits per heavy atom. The van der Waals surface area contributed by atoms with E-state index >= 15 is 0 Å². The predicted octanol–water partition coefficient (Wildman–Crippen LogP) is 1.62. The van der Waals surface area contributed by atoms with Crippen LogP contribution < -0.4 is 5.73 Å². The zero-order valence-corrected chi connectivity index (χ0v) is 8.34. The lowest BCUT2D eigenvalue weighted by atomic mass is 10.1. The van der Waals surface area contributed by atoms with Gasteiger partial charge in [-0.25, -0.2) is 4.79 Å². The fourth-order valence-electron chi connectivity index (χ4n) is 0.944. The highest BCUT2D eigenvalue weighted by Crippen LogP contribution is 2.08. The molecule has 0 aliphatic heterocycles. The van der Waals surface area contributed by atoms with Gasteiger partial charge in [-0.2, -0.15) is 0 Å². The Bertz CT molecular complexity index is 166. The zero-order valence-electron chi connectivity index (χ0n) is 8.34. The number of carbonyl (C=O) groups is 1. The van der Waals surface area contributed by atoms with Crippen molar-refractivity contribution in [3.8, 4) is 0 Å². The van der Waals surface area contributed by atoms with E-state index < -0.39 is 0 Å². The average molecular weight is 185 g/mol. The van der Waals surface area contributed by atoms with Crippen molar-refractivity contribution >= 4 is 5.97 Å². The second kappa shape index (κ2) is 7.80. The van der Waals surface area contributed by atoms with E-state index in [0.717, 1.165) is 25.7 Å². The average Bonchev–Trinajstić information content (AvgIpc) is 2.14. The van der Waals surface area contributed by atoms with Crippen molar-refractivity contribution in [3.05, 3.63) is 12.2 Å². The second-order valence-electron chi connectivity index (χ2n) is 2.99. The van der Waals surface area contributed by atoms with Crippen LogP contribution in [0.25, 0.3) is 0 Å². The van der Waals surface area contributed by atoms with Gasteiger partial charge in [0.2, 0.25) is 0 Å². The van der Waals surface area contributed by atoms with E-state index in [1.807, 2.05) is 0 Å². The smallest absolute Gasteiger partial charge is 0.333 e. The molecule has 2 N–H and O–H groups in total. The van der Waals surface area contributed by atoms with Gasteiger partial charge in [-0.05, 0) is 12.8 Å². The largest absolute Gasteiger partial charge is 0.461 e. The summed E-state index contributed by atoms with van der Waals surface area (Å²) in [4.78, 5) is 11.1. The summed E-state index contributed by atoms with van der Waals surface area (Å²) in [5, 5.41) is 0. The number of hydrogen-bond donors (Lipinski definition) is 1. The molecule has 0 bridgehead atoms. The molecular weight excluding hydrogens is 166 g/mol. The van der Waals surface area contributed by atoms with Crippen LogP contribution in [-0.4, -0.2) is 19.1 Å². The van der Waals surface area contributed by atoms with Gasteiger partial charge < -0.3 is 10.5 Å². The summed E-state index contributed by atoms with van der Waals surface area (Å²) in [7, 11) is 0. The monoisotopic (exact) mass is 185 g/mol. The summed E-state index contributed by atoms with van der Waals surface area (Å²) in [5.74, 6) is -0.304. The van der Waals surface area contributed by atoms with Crippen LogP contribution >= 0.6 is 0 Å². The van der Waals surface area contributed by atoms with E-state index in [1.54, 1.807) is 0 Å². The van der Waals surface area contributed by atoms with Crippen LogP contribution in [0.3, 0.4) is 0 Å². The molecule has 0 saturated carbocycles. The third-order valence-electron chi connectivity index (χ3n) is 1.72. The summed E-state index contributed by atoms with van der Waals surface area (Å²) < 4.78 is 4.82. The van der Waals surface area contributed by atoms with Crippen molar-refractivity contribution in [1.82, 2.24) is 0 Å². The van der Waals surface area contributed by atoms with Crippen molar-refractivity contribution in [3.63, 3.8) is 0 Å². The Morgan fingerprint density at radius 3 is 2.69 bits per heavy atom. The van der Waals surface area contributed by atoms with Gasteiger partial charge in [0.1, 0.15) is 6.61 Å². The topological polar surface area (TPSA) is 52.3 Å². The van der Waals surface area contributed by atoms with Crippen LogP contribution in [0.15, 0.2) is 12.2 Å². The molecule has 3 nitrogen and oxygen atoms in total. The maximum atomic E-state index is 11.1. The van der Waals surface area contributed by atoms with Crippen LogP contribution in [0, 0.1) is 0 Å². The van der Waals surface area contributed by atoms with Crippen molar-refractivity contribution < 1.29 is 9.53 Å². The van der Waals surface area contributed by atoms with Crippen LogP contribution in [-0.2, 0) is 9.53 Å². The fourth-order valence-corrected chi connectivity index (χ4v) is 0.944. The predicted molar refractivity (Wildman–Crippen MR) is 53.3 cm³/mol. The lowest BCUT2D eigenvalue weighted by Gasteiger charge is -2.04. The number of unbranched alkanes of at least 4 members (excludes halogenated alkanes) is 2. The van der Waals surface area contributed by atoms with Crippen LogP contribution in [0.5, 0.6) is 0 Å². The minimum atomic E-state index is -0.304. The maximum absolute atomic E-state index is 11.1. The molecule has 0 heterocycles. The standard InChI is InChI=1S/C10H19NO2/c1-3-4-5-6-9(2)10(12)13-8-7-11/h2-8,11H2,1H3. The van der Waals surface area contributed by atoms with E-state index in [4.69, 9.17) is 10.5 Å². The van der Waals surface area contributed by atoms with Crippen LogP contribution in [0.1, 0.15) is 32.6 Å².